The highest BCUT2D eigenvalue weighted by Crippen LogP contribution is 2.37. The summed E-state index contributed by atoms with van der Waals surface area (Å²) >= 11 is 0.881. The van der Waals surface area contributed by atoms with E-state index in [4.69, 9.17) is 5.84 Å². The predicted molar refractivity (Wildman–Crippen MR) is 146 cm³/mol. The van der Waals surface area contributed by atoms with Crippen molar-refractivity contribution in [1.29, 1.82) is 0 Å². The lowest BCUT2D eigenvalue weighted by Gasteiger charge is -2.16. The average Bonchev–Trinajstić information content (AvgIpc) is 3.30. The Hall–Kier alpha value is -3.82. The Bertz CT molecular complexity index is 1400. The molecule has 15 heteroatoms. The quantitative estimate of drug-likeness (QED) is 0.0723. The molecular weight excluding hydrogens is 560 g/mol. The summed E-state index contributed by atoms with van der Waals surface area (Å²) in [6, 6.07) is 6.56. The van der Waals surface area contributed by atoms with Gasteiger partial charge in [0.1, 0.15) is 5.84 Å². The summed E-state index contributed by atoms with van der Waals surface area (Å²) in [5, 5.41) is 7.82. The lowest BCUT2D eigenvalue weighted by atomic mass is 10.0. The molecule has 0 bridgehead atoms. The van der Waals surface area contributed by atoms with Gasteiger partial charge >= 0.3 is 12.4 Å². The normalized spacial score (nSPS) is 12.6. The number of aromatic nitrogens is 2. The molecule has 3 rings (SSSR count). The molecule has 0 amide bonds. The summed E-state index contributed by atoms with van der Waals surface area (Å²) < 4.78 is 80.7. The molecule has 6 N–H and O–H groups in total. The van der Waals surface area contributed by atoms with E-state index >= 15 is 0 Å². The van der Waals surface area contributed by atoms with Gasteiger partial charge in [-0.05, 0) is 48.5 Å². The number of aliphatic imine (C=N–C) groups is 1. The first-order valence-corrected chi connectivity index (χ1v) is 12.2. The number of halogens is 6. The summed E-state index contributed by atoms with van der Waals surface area (Å²) in [6.45, 7) is 3.55. The number of benzene rings is 2. The Morgan fingerprint density at radius 1 is 1.12 bits per heavy atom. The first kappa shape index (κ1) is 32.4. The van der Waals surface area contributed by atoms with E-state index in [1.807, 2.05) is 0 Å². The number of rotatable bonds is 9. The third kappa shape index (κ3) is 8.59. The highest BCUT2D eigenvalue weighted by atomic mass is 32.2. The highest BCUT2D eigenvalue weighted by Gasteiger charge is 2.38. The number of nitrogens with two attached hydrogens (primary N) is 2. The molecule has 0 aliphatic heterocycles. The molecule has 3 aromatic rings. The van der Waals surface area contributed by atoms with Gasteiger partial charge in [0.05, 0.1) is 34.6 Å². The maximum atomic E-state index is 13.5. The van der Waals surface area contributed by atoms with Crippen LogP contribution < -0.4 is 22.3 Å². The largest absolute Gasteiger partial charge is 0.416 e. The number of nitrogens with one attached hydrogen (secondary N) is 2. The number of nitrogens with zero attached hydrogens (tertiary/aromatic N) is 3. The average molecular weight is 588 g/mol. The number of carbonyl (C=O) groups excluding carboxylic acids is 1. The first-order valence-electron chi connectivity index (χ1n) is 11.4. The molecule has 0 aliphatic carbocycles. The van der Waals surface area contributed by atoms with Crippen molar-refractivity contribution < 1.29 is 31.1 Å². The summed E-state index contributed by atoms with van der Waals surface area (Å²) in [5.74, 6) is 5.70. The number of hydrazine groups is 1. The fourth-order valence-electron chi connectivity index (χ4n) is 3.47. The van der Waals surface area contributed by atoms with Gasteiger partial charge in [0.15, 0.2) is 5.62 Å². The van der Waals surface area contributed by atoms with Crippen LogP contribution in [-0.2, 0) is 23.7 Å². The van der Waals surface area contributed by atoms with Gasteiger partial charge in [-0.25, -0.2) is 0 Å². The Morgan fingerprint density at radius 2 is 1.82 bits per heavy atom. The summed E-state index contributed by atoms with van der Waals surface area (Å²) in [7, 11) is 3.03. The van der Waals surface area contributed by atoms with Crippen LogP contribution in [0.2, 0.25) is 0 Å². The number of fused-ring (bicyclic) bond motifs is 1. The smallest absolute Gasteiger partial charge is 0.364 e. The third-order valence-electron chi connectivity index (χ3n) is 5.25. The van der Waals surface area contributed by atoms with Crippen molar-refractivity contribution in [3.05, 3.63) is 82.0 Å². The summed E-state index contributed by atoms with van der Waals surface area (Å²) in [4.78, 5) is 15.8. The van der Waals surface area contributed by atoms with Gasteiger partial charge < -0.3 is 16.5 Å². The minimum absolute atomic E-state index is 0.105. The minimum atomic E-state index is -4.98. The Kier molecular flexibility index (Phi) is 11.3. The number of carbonyl (C=O) groups is 1. The van der Waals surface area contributed by atoms with Gasteiger partial charge in [-0.3, -0.25) is 20.3 Å². The topological polar surface area (TPSA) is 123 Å². The Labute approximate surface area is 230 Å². The van der Waals surface area contributed by atoms with Crippen molar-refractivity contribution >= 4 is 40.2 Å². The van der Waals surface area contributed by atoms with Crippen LogP contribution in [0.4, 0.5) is 26.3 Å². The lowest BCUT2D eigenvalue weighted by molar-refractivity contribution is -0.143. The van der Waals surface area contributed by atoms with E-state index in [0.29, 0.717) is 44.6 Å². The Morgan fingerprint density at radius 3 is 2.40 bits per heavy atom. The predicted octanol–water partition coefficient (Wildman–Crippen LogP) is 4.56. The molecule has 8 nitrogen and oxygen atoms in total. The monoisotopic (exact) mass is 587 g/mol. The van der Waals surface area contributed by atoms with Crippen molar-refractivity contribution in [2.24, 2.45) is 16.6 Å². The number of alkyl halides is 6. The van der Waals surface area contributed by atoms with Gasteiger partial charge in [0, 0.05) is 24.3 Å². The molecule has 0 fully saturated rings. The lowest BCUT2D eigenvalue weighted by Crippen LogP contribution is -2.33. The second-order valence-electron chi connectivity index (χ2n) is 7.91. The van der Waals surface area contributed by atoms with Gasteiger partial charge in [0.25, 0.3) is 0 Å². The third-order valence-corrected chi connectivity index (χ3v) is 5.92. The van der Waals surface area contributed by atoms with Crippen LogP contribution >= 0.6 is 11.8 Å². The maximum absolute atomic E-state index is 13.5. The zero-order valence-electron chi connectivity index (χ0n) is 21.4. The van der Waals surface area contributed by atoms with E-state index in [1.54, 1.807) is 24.3 Å². The molecule has 0 unspecified atom stereocenters. The SMILES string of the molecule is C=C(CNC(=NC)/C(=C/c1ccc2nn(Cc3ccc(C(F)(F)F)cc3C(F)(F)F)cc2c1)SC=O)NN.CN. The fourth-order valence-corrected chi connectivity index (χ4v) is 4.06. The molecule has 216 valence electrons. The second-order valence-corrected chi connectivity index (χ2v) is 8.78. The van der Waals surface area contributed by atoms with Gasteiger partial charge in [-0.15, -0.1) is 0 Å². The number of amidine groups is 1. The molecule has 0 spiro atoms. The van der Waals surface area contributed by atoms with Gasteiger partial charge in [-0.2, -0.15) is 31.4 Å². The molecule has 0 radical (unpaired) electrons. The highest BCUT2D eigenvalue weighted by molar-refractivity contribution is 8.16. The van der Waals surface area contributed by atoms with Crippen LogP contribution in [0.1, 0.15) is 22.3 Å². The molecule has 1 aromatic heterocycles. The molecule has 0 saturated carbocycles. The van der Waals surface area contributed by atoms with E-state index in [9.17, 15) is 31.1 Å². The zero-order chi connectivity index (χ0) is 30.1. The van der Waals surface area contributed by atoms with Crippen molar-refractivity contribution in [2.75, 3.05) is 20.6 Å². The molecule has 0 aliphatic rings. The molecular formula is C25H27F6N7OS. The van der Waals surface area contributed by atoms with E-state index in [2.05, 4.69) is 33.1 Å². The van der Waals surface area contributed by atoms with Crippen molar-refractivity contribution in [3.8, 4) is 0 Å². The van der Waals surface area contributed by atoms with Crippen LogP contribution in [-0.4, -0.2) is 41.9 Å². The van der Waals surface area contributed by atoms with Crippen molar-refractivity contribution in [3.63, 3.8) is 0 Å². The van der Waals surface area contributed by atoms with E-state index in [1.165, 1.54) is 25.0 Å². The van der Waals surface area contributed by atoms with Crippen LogP contribution in [0.3, 0.4) is 0 Å². The second kappa shape index (κ2) is 14.0. The Balaban J connectivity index is 0.00000274. The molecule has 1 heterocycles. The van der Waals surface area contributed by atoms with E-state index < -0.39 is 30.0 Å². The molecule has 40 heavy (non-hydrogen) atoms. The minimum Gasteiger partial charge on any atom is -0.364 e. The van der Waals surface area contributed by atoms with E-state index in [-0.39, 0.29) is 18.2 Å². The van der Waals surface area contributed by atoms with Crippen molar-refractivity contribution in [2.45, 2.75) is 18.9 Å². The van der Waals surface area contributed by atoms with Crippen LogP contribution in [0.15, 0.2) is 64.8 Å². The van der Waals surface area contributed by atoms with Gasteiger partial charge in [-0.1, -0.05) is 30.5 Å². The fraction of sp³-hybridized carbons (Fsp3) is 0.240. The van der Waals surface area contributed by atoms with E-state index in [0.717, 1.165) is 17.8 Å². The summed E-state index contributed by atoms with van der Waals surface area (Å²) in [5.41, 5.74) is 6.00. The number of hydrogen-bond donors (Lipinski definition) is 4. The standard InChI is InChI=1S/C24H22F6N6OS.CH5N/c1-14(34-31)10-33-22(32-2)21(38-13-37)8-15-3-6-20-17(7-15)12-36(35-20)11-16-4-5-18(23(25,26)27)9-19(16)24(28,29)30;1-2/h3-9,12-13,34H,1,10-11,31H2,2H3,(H,32,33);2H2,1H3/b21-8-;. The number of thioether (sulfide) groups is 1. The molecule has 0 saturated heterocycles. The van der Waals surface area contributed by atoms with Crippen LogP contribution in [0.25, 0.3) is 17.0 Å². The van der Waals surface area contributed by atoms with Crippen LogP contribution in [0, 0.1) is 0 Å². The number of hydrogen-bond acceptors (Lipinski definition) is 7. The van der Waals surface area contributed by atoms with Crippen molar-refractivity contribution in [1.82, 2.24) is 20.5 Å². The zero-order valence-corrected chi connectivity index (χ0v) is 22.2. The van der Waals surface area contributed by atoms with Gasteiger partial charge in [0.2, 0.25) is 0 Å². The first-order chi connectivity index (χ1) is 18.8. The summed E-state index contributed by atoms with van der Waals surface area (Å²) in [6.07, 6.45) is -6.72. The molecule has 0 atom stereocenters. The molecule has 2 aromatic carbocycles. The maximum Gasteiger partial charge on any atom is 0.416 e. The van der Waals surface area contributed by atoms with Crippen LogP contribution in [0.5, 0.6) is 0 Å².